The minimum atomic E-state index is 0.897. The molecule has 1 aromatic carbocycles. The highest BCUT2D eigenvalue weighted by Crippen LogP contribution is 2.37. The number of fused-ring (bicyclic) bond motifs is 1. The molecule has 0 N–H and O–H groups in total. The van der Waals surface area contributed by atoms with Crippen molar-refractivity contribution in [2.75, 3.05) is 13.1 Å². The topological polar surface area (TPSA) is 3.24 Å². The van der Waals surface area contributed by atoms with Gasteiger partial charge in [0.25, 0.3) is 0 Å². The Morgan fingerprint density at radius 2 is 2.00 bits per heavy atom. The molecule has 1 aliphatic carbocycles. The average Bonchev–Trinajstić information content (AvgIpc) is 2.79. The summed E-state index contributed by atoms with van der Waals surface area (Å²) >= 11 is 0. The lowest BCUT2D eigenvalue weighted by molar-refractivity contribution is 0.309. The molecule has 1 unspecified atom stereocenters. The fraction of sp³-hybridized carbons (Fsp3) is 0.500. The molecule has 3 rings (SSSR count). The van der Waals surface area contributed by atoms with Gasteiger partial charge in [0.1, 0.15) is 0 Å². The van der Waals surface area contributed by atoms with E-state index in [0.29, 0.717) is 0 Å². The molecular formula is C14H18N. The number of nitrogens with zero attached hydrogens (tertiary/aromatic N) is 1. The molecule has 0 amide bonds. The number of rotatable bonds is 2. The van der Waals surface area contributed by atoms with Crippen LogP contribution < -0.4 is 0 Å². The van der Waals surface area contributed by atoms with Crippen molar-refractivity contribution in [3.8, 4) is 0 Å². The third-order valence-corrected chi connectivity index (χ3v) is 3.82. The molecule has 1 saturated carbocycles. The molecule has 1 saturated heterocycles. The van der Waals surface area contributed by atoms with Gasteiger partial charge in [-0.2, -0.15) is 0 Å². The first-order valence-electron chi connectivity index (χ1n) is 6.01. The Hall–Kier alpha value is -0.820. The predicted molar refractivity (Wildman–Crippen MR) is 62.2 cm³/mol. The zero-order chi connectivity index (χ0) is 10.1. The molecule has 1 aliphatic heterocycles. The van der Waals surface area contributed by atoms with Crippen LogP contribution >= 0.6 is 0 Å². The molecule has 0 spiro atoms. The zero-order valence-corrected chi connectivity index (χ0v) is 9.10. The maximum atomic E-state index is 2.61. The monoisotopic (exact) mass is 200 g/mol. The summed E-state index contributed by atoms with van der Waals surface area (Å²) in [4.78, 5) is 2.61. The van der Waals surface area contributed by atoms with Crippen LogP contribution in [0.4, 0.5) is 0 Å². The molecule has 1 heterocycles. The van der Waals surface area contributed by atoms with Gasteiger partial charge in [-0.3, -0.25) is 4.90 Å². The van der Waals surface area contributed by atoms with Crippen LogP contribution in [0, 0.1) is 18.3 Å². The number of likely N-dealkylation sites (tertiary alicyclic amines) is 1. The standard InChI is InChI=1S/C14H18N/c1-2-5-12(6-3-1)9-15-10-13-7-4-8-14(13)11-15/h1-3,5-7,13-14H,4,8-11H2/t13?,14-/m0/s1. The van der Waals surface area contributed by atoms with Gasteiger partial charge in [-0.05, 0) is 36.7 Å². The summed E-state index contributed by atoms with van der Waals surface area (Å²) in [7, 11) is 0. The largest absolute Gasteiger partial charge is 0.299 e. The molecule has 2 aliphatic rings. The van der Waals surface area contributed by atoms with Crippen molar-refractivity contribution >= 4 is 0 Å². The summed E-state index contributed by atoms with van der Waals surface area (Å²) < 4.78 is 0. The van der Waals surface area contributed by atoms with E-state index in [9.17, 15) is 0 Å². The Morgan fingerprint density at radius 1 is 1.13 bits per heavy atom. The van der Waals surface area contributed by atoms with Gasteiger partial charge in [-0.15, -0.1) is 0 Å². The molecule has 1 heteroatoms. The molecule has 15 heavy (non-hydrogen) atoms. The van der Waals surface area contributed by atoms with Gasteiger partial charge in [0.15, 0.2) is 0 Å². The second kappa shape index (κ2) is 3.97. The van der Waals surface area contributed by atoms with Crippen LogP contribution in [0.1, 0.15) is 18.4 Å². The summed E-state index contributed by atoms with van der Waals surface area (Å²) in [5.41, 5.74) is 1.46. The van der Waals surface area contributed by atoms with Crippen LogP contribution in [-0.4, -0.2) is 18.0 Å². The zero-order valence-electron chi connectivity index (χ0n) is 9.10. The van der Waals surface area contributed by atoms with Gasteiger partial charge < -0.3 is 0 Å². The lowest BCUT2D eigenvalue weighted by atomic mass is 10.0. The Balaban J connectivity index is 1.62. The fourth-order valence-corrected chi connectivity index (χ4v) is 3.06. The molecule has 1 radical (unpaired) electrons. The second-order valence-electron chi connectivity index (χ2n) is 4.92. The number of hydrogen-bond acceptors (Lipinski definition) is 1. The van der Waals surface area contributed by atoms with E-state index in [4.69, 9.17) is 0 Å². The third kappa shape index (κ3) is 1.93. The minimum Gasteiger partial charge on any atom is -0.299 e. The van der Waals surface area contributed by atoms with Crippen molar-refractivity contribution in [1.29, 1.82) is 0 Å². The van der Waals surface area contributed by atoms with Crippen molar-refractivity contribution in [1.82, 2.24) is 4.90 Å². The normalized spacial score (nSPS) is 30.7. The Kier molecular flexibility index (Phi) is 2.49. The Bertz CT molecular complexity index is 307. The van der Waals surface area contributed by atoms with Gasteiger partial charge in [-0.25, -0.2) is 0 Å². The number of benzene rings is 1. The van der Waals surface area contributed by atoms with Crippen molar-refractivity contribution in [2.45, 2.75) is 19.4 Å². The first kappa shape index (κ1) is 9.41. The van der Waals surface area contributed by atoms with Crippen LogP contribution in [-0.2, 0) is 6.54 Å². The highest BCUT2D eigenvalue weighted by molar-refractivity contribution is 5.15. The van der Waals surface area contributed by atoms with E-state index >= 15 is 0 Å². The van der Waals surface area contributed by atoms with E-state index in [-0.39, 0.29) is 0 Å². The number of hydrogen-bond donors (Lipinski definition) is 0. The van der Waals surface area contributed by atoms with E-state index in [2.05, 4.69) is 41.7 Å². The molecule has 2 atom stereocenters. The highest BCUT2D eigenvalue weighted by Gasteiger charge is 2.35. The second-order valence-corrected chi connectivity index (χ2v) is 4.92. The summed E-state index contributed by atoms with van der Waals surface area (Å²) in [5.74, 6) is 1.86. The van der Waals surface area contributed by atoms with Crippen molar-refractivity contribution in [2.24, 2.45) is 11.8 Å². The van der Waals surface area contributed by atoms with Gasteiger partial charge in [0.05, 0.1) is 0 Å². The molecule has 1 nitrogen and oxygen atoms in total. The summed E-state index contributed by atoms with van der Waals surface area (Å²) in [6.07, 6.45) is 5.32. The van der Waals surface area contributed by atoms with E-state index in [1.54, 1.807) is 0 Å². The van der Waals surface area contributed by atoms with Crippen molar-refractivity contribution < 1.29 is 0 Å². The lowest BCUT2D eigenvalue weighted by Gasteiger charge is -2.16. The van der Waals surface area contributed by atoms with Gasteiger partial charge in [-0.1, -0.05) is 30.3 Å². The predicted octanol–water partition coefficient (Wildman–Crippen LogP) is 2.73. The molecule has 0 aromatic heterocycles. The third-order valence-electron chi connectivity index (χ3n) is 3.82. The van der Waals surface area contributed by atoms with Crippen LogP contribution in [0.5, 0.6) is 0 Å². The molecule has 0 bridgehead atoms. The highest BCUT2D eigenvalue weighted by atomic mass is 15.2. The molecule has 79 valence electrons. The fourth-order valence-electron chi connectivity index (χ4n) is 3.06. The molecular weight excluding hydrogens is 182 g/mol. The maximum absolute atomic E-state index is 2.61. The van der Waals surface area contributed by atoms with Crippen molar-refractivity contribution in [3.05, 3.63) is 42.3 Å². The molecule has 2 fully saturated rings. The quantitative estimate of drug-likeness (QED) is 0.709. The average molecular weight is 200 g/mol. The van der Waals surface area contributed by atoms with Crippen LogP contribution in [0.15, 0.2) is 30.3 Å². The smallest absolute Gasteiger partial charge is 0.0233 e. The van der Waals surface area contributed by atoms with E-state index in [1.165, 1.54) is 31.5 Å². The first-order chi connectivity index (χ1) is 7.42. The van der Waals surface area contributed by atoms with Crippen LogP contribution in [0.3, 0.4) is 0 Å². The minimum absolute atomic E-state index is 0.897. The first-order valence-corrected chi connectivity index (χ1v) is 6.01. The van der Waals surface area contributed by atoms with Crippen molar-refractivity contribution in [3.63, 3.8) is 0 Å². The van der Waals surface area contributed by atoms with Gasteiger partial charge >= 0.3 is 0 Å². The van der Waals surface area contributed by atoms with Crippen LogP contribution in [0.25, 0.3) is 0 Å². The van der Waals surface area contributed by atoms with Gasteiger partial charge in [0.2, 0.25) is 0 Å². The summed E-state index contributed by atoms with van der Waals surface area (Å²) in [6.45, 7) is 3.75. The Labute approximate surface area is 92.1 Å². The van der Waals surface area contributed by atoms with E-state index < -0.39 is 0 Å². The summed E-state index contributed by atoms with van der Waals surface area (Å²) in [6, 6.07) is 10.8. The van der Waals surface area contributed by atoms with E-state index in [1.807, 2.05) is 0 Å². The molecule has 1 aromatic rings. The SMILES string of the molecule is [CH]1CC[C@H]2CN(Cc3ccccc3)CC12. The summed E-state index contributed by atoms with van der Waals surface area (Å²) in [5, 5.41) is 0. The van der Waals surface area contributed by atoms with E-state index in [0.717, 1.165) is 18.4 Å². The Morgan fingerprint density at radius 3 is 2.80 bits per heavy atom. The maximum Gasteiger partial charge on any atom is 0.0233 e. The van der Waals surface area contributed by atoms with Gasteiger partial charge in [0, 0.05) is 19.6 Å². The van der Waals surface area contributed by atoms with Crippen LogP contribution in [0.2, 0.25) is 0 Å². The lowest BCUT2D eigenvalue weighted by Crippen LogP contribution is -2.20.